The van der Waals surface area contributed by atoms with Crippen LogP contribution in [0.1, 0.15) is 18.1 Å². The highest BCUT2D eigenvalue weighted by molar-refractivity contribution is 5.97. The van der Waals surface area contributed by atoms with Crippen LogP contribution >= 0.6 is 0 Å². The first-order valence-electron chi connectivity index (χ1n) is 7.67. The molecule has 25 heavy (non-hydrogen) atoms. The van der Waals surface area contributed by atoms with Gasteiger partial charge in [0.15, 0.2) is 11.6 Å². The van der Waals surface area contributed by atoms with E-state index in [2.05, 4.69) is 11.9 Å². The number of rotatable bonds is 5. The molecule has 0 bridgehead atoms. The molecule has 2 aromatic carbocycles. The minimum Gasteiger partial charge on any atom is -0.349 e. The summed E-state index contributed by atoms with van der Waals surface area (Å²) in [5, 5.41) is 2.62. The molecule has 2 aromatic rings. The van der Waals surface area contributed by atoms with Crippen LogP contribution < -0.4 is 5.32 Å². The summed E-state index contributed by atoms with van der Waals surface area (Å²) in [4.78, 5) is 11.9. The average molecular weight is 345 g/mol. The zero-order valence-electron chi connectivity index (χ0n) is 14.0. The molecule has 2 nitrogen and oxygen atoms in total. The molecule has 1 N–H and O–H groups in total. The number of hydrogen-bond acceptors (Lipinski definition) is 1. The fourth-order valence-corrected chi connectivity index (χ4v) is 2.45. The molecule has 0 atom stereocenters. The Hall–Kier alpha value is -2.82. The quantitative estimate of drug-likeness (QED) is 0.613. The maximum atomic E-state index is 14.3. The van der Waals surface area contributed by atoms with Gasteiger partial charge in [-0.25, -0.2) is 13.2 Å². The maximum Gasteiger partial charge on any atom is 0.247 e. The third-order valence-electron chi connectivity index (χ3n) is 3.79. The lowest BCUT2D eigenvalue weighted by Crippen LogP contribution is -2.23. The Morgan fingerprint density at radius 3 is 2.44 bits per heavy atom. The molecule has 0 radical (unpaired) electrons. The van der Waals surface area contributed by atoms with Crippen molar-refractivity contribution in [3.63, 3.8) is 0 Å². The molecule has 1 amide bonds. The van der Waals surface area contributed by atoms with Crippen molar-refractivity contribution in [3.05, 3.63) is 77.1 Å². The summed E-state index contributed by atoms with van der Waals surface area (Å²) < 4.78 is 41.5. The summed E-state index contributed by atoms with van der Waals surface area (Å²) >= 11 is 0. The molecule has 0 fully saturated rings. The van der Waals surface area contributed by atoms with Gasteiger partial charge < -0.3 is 5.32 Å². The number of halogens is 3. The smallest absolute Gasteiger partial charge is 0.247 e. The first-order chi connectivity index (χ1) is 11.8. The van der Waals surface area contributed by atoms with Crippen LogP contribution in [0.15, 0.2) is 48.6 Å². The number of carbonyl (C=O) groups excluding carboxylic acids is 1. The van der Waals surface area contributed by atoms with Crippen LogP contribution in [0.4, 0.5) is 13.2 Å². The Morgan fingerprint density at radius 2 is 1.84 bits per heavy atom. The molecule has 2 rings (SSSR count). The summed E-state index contributed by atoms with van der Waals surface area (Å²) in [5.74, 6) is -2.83. The van der Waals surface area contributed by atoms with E-state index in [1.165, 1.54) is 30.3 Å². The van der Waals surface area contributed by atoms with Crippen molar-refractivity contribution >= 4 is 12.0 Å². The van der Waals surface area contributed by atoms with Crippen LogP contribution in [0.5, 0.6) is 0 Å². The topological polar surface area (TPSA) is 29.1 Å². The zero-order valence-corrected chi connectivity index (χ0v) is 14.0. The monoisotopic (exact) mass is 345 g/mol. The van der Waals surface area contributed by atoms with Crippen molar-refractivity contribution in [3.8, 4) is 11.1 Å². The molecule has 0 spiro atoms. The Morgan fingerprint density at radius 1 is 1.20 bits per heavy atom. The summed E-state index contributed by atoms with van der Waals surface area (Å²) in [6, 6.07) is 6.18. The molecule has 0 saturated carbocycles. The fourth-order valence-electron chi connectivity index (χ4n) is 2.45. The van der Waals surface area contributed by atoms with Crippen molar-refractivity contribution < 1.29 is 18.0 Å². The highest BCUT2D eigenvalue weighted by Crippen LogP contribution is 2.32. The van der Waals surface area contributed by atoms with Crippen LogP contribution in [0.3, 0.4) is 0 Å². The van der Waals surface area contributed by atoms with Gasteiger partial charge in [0.2, 0.25) is 5.91 Å². The molecule has 0 aromatic heterocycles. The lowest BCUT2D eigenvalue weighted by molar-refractivity contribution is -0.117. The third kappa shape index (κ3) is 4.18. The van der Waals surface area contributed by atoms with Crippen LogP contribution in [-0.4, -0.2) is 12.5 Å². The lowest BCUT2D eigenvalue weighted by atomic mass is 9.94. The minimum atomic E-state index is -1.03. The standard InChI is InChI=1S/C20H18F3NO/c1-4-9-24-20(25)12(2)10-15-11-17(22)19(23)18(13(15)3)14-5-7-16(21)8-6-14/h4-8,10-11H,1,9H2,2-3H3,(H,24,25)/b12-10+. The molecule has 0 saturated heterocycles. The van der Waals surface area contributed by atoms with Crippen LogP contribution in [-0.2, 0) is 4.79 Å². The van der Waals surface area contributed by atoms with Gasteiger partial charge in [0, 0.05) is 17.7 Å². The Balaban J connectivity index is 2.52. The number of benzene rings is 2. The van der Waals surface area contributed by atoms with E-state index in [0.29, 0.717) is 28.8 Å². The summed E-state index contributed by atoms with van der Waals surface area (Å²) in [6.45, 7) is 7.02. The highest BCUT2D eigenvalue weighted by atomic mass is 19.2. The van der Waals surface area contributed by atoms with E-state index in [-0.39, 0.29) is 11.5 Å². The second kappa shape index (κ2) is 7.83. The van der Waals surface area contributed by atoms with Crippen molar-refractivity contribution in [2.75, 3.05) is 6.54 Å². The van der Waals surface area contributed by atoms with E-state index in [1.807, 2.05) is 0 Å². The summed E-state index contributed by atoms with van der Waals surface area (Å²) in [5.41, 5.74) is 1.59. The number of amides is 1. The van der Waals surface area contributed by atoms with Gasteiger partial charge in [-0.1, -0.05) is 18.2 Å². The predicted molar refractivity (Wildman–Crippen MR) is 93.3 cm³/mol. The van der Waals surface area contributed by atoms with E-state index >= 15 is 0 Å². The van der Waals surface area contributed by atoms with Crippen molar-refractivity contribution in [1.82, 2.24) is 5.32 Å². The van der Waals surface area contributed by atoms with Crippen molar-refractivity contribution in [2.45, 2.75) is 13.8 Å². The van der Waals surface area contributed by atoms with Crippen LogP contribution in [0.2, 0.25) is 0 Å². The Bertz CT molecular complexity index is 839. The van der Waals surface area contributed by atoms with Crippen molar-refractivity contribution in [1.29, 1.82) is 0 Å². The zero-order chi connectivity index (χ0) is 18.6. The highest BCUT2D eigenvalue weighted by Gasteiger charge is 2.17. The van der Waals surface area contributed by atoms with Gasteiger partial charge in [0.1, 0.15) is 5.82 Å². The first-order valence-corrected chi connectivity index (χ1v) is 7.67. The second-order valence-corrected chi connectivity index (χ2v) is 5.59. The molecule has 0 unspecified atom stereocenters. The van der Waals surface area contributed by atoms with Gasteiger partial charge in [0.05, 0.1) is 0 Å². The molecule has 0 aliphatic rings. The Labute approximate surface area is 144 Å². The number of nitrogens with one attached hydrogen (secondary N) is 1. The van der Waals surface area contributed by atoms with E-state index in [1.54, 1.807) is 19.9 Å². The SMILES string of the molecule is C=CCNC(=O)/C(C)=C/c1cc(F)c(F)c(-c2ccc(F)cc2)c1C. The number of hydrogen-bond donors (Lipinski definition) is 1. The lowest BCUT2D eigenvalue weighted by Gasteiger charge is -2.13. The fraction of sp³-hybridized carbons (Fsp3) is 0.150. The number of carbonyl (C=O) groups is 1. The molecule has 0 aliphatic heterocycles. The van der Waals surface area contributed by atoms with E-state index in [9.17, 15) is 18.0 Å². The first kappa shape index (κ1) is 18.5. The summed E-state index contributed by atoms with van der Waals surface area (Å²) in [7, 11) is 0. The Kier molecular flexibility index (Phi) is 5.80. The second-order valence-electron chi connectivity index (χ2n) is 5.59. The van der Waals surface area contributed by atoms with E-state index in [0.717, 1.165) is 6.07 Å². The molecule has 5 heteroatoms. The molecule has 0 aliphatic carbocycles. The van der Waals surface area contributed by atoms with Gasteiger partial charge in [0.25, 0.3) is 0 Å². The molecular formula is C20H18F3NO. The molecular weight excluding hydrogens is 327 g/mol. The maximum absolute atomic E-state index is 14.3. The summed E-state index contributed by atoms with van der Waals surface area (Å²) in [6.07, 6.45) is 3.03. The van der Waals surface area contributed by atoms with Gasteiger partial charge >= 0.3 is 0 Å². The van der Waals surface area contributed by atoms with Crippen LogP contribution in [0.25, 0.3) is 17.2 Å². The average Bonchev–Trinajstić information content (AvgIpc) is 2.59. The molecule has 0 heterocycles. The van der Waals surface area contributed by atoms with Gasteiger partial charge in [-0.15, -0.1) is 6.58 Å². The van der Waals surface area contributed by atoms with E-state index < -0.39 is 17.5 Å². The largest absolute Gasteiger partial charge is 0.349 e. The normalized spacial score (nSPS) is 11.3. The van der Waals surface area contributed by atoms with E-state index in [4.69, 9.17) is 0 Å². The minimum absolute atomic E-state index is 0.0468. The van der Waals surface area contributed by atoms with Gasteiger partial charge in [-0.05, 0) is 54.8 Å². The molecule has 130 valence electrons. The van der Waals surface area contributed by atoms with Crippen LogP contribution in [0, 0.1) is 24.4 Å². The van der Waals surface area contributed by atoms with Crippen molar-refractivity contribution in [2.24, 2.45) is 0 Å². The predicted octanol–water partition coefficient (Wildman–Crippen LogP) is 4.78. The van der Waals surface area contributed by atoms with Gasteiger partial charge in [-0.2, -0.15) is 0 Å². The third-order valence-corrected chi connectivity index (χ3v) is 3.79. The van der Waals surface area contributed by atoms with Gasteiger partial charge in [-0.3, -0.25) is 4.79 Å².